The molecular formula is C18H20N6OS. The van der Waals surface area contributed by atoms with Gasteiger partial charge in [-0.3, -0.25) is 4.79 Å². The molecule has 0 aliphatic rings. The molecule has 7 nitrogen and oxygen atoms in total. The van der Waals surface area contributed by atoms with Crippen LogP contribution in [0.3, 0.4) is 0 Å². The van der Waals surface area contributed by atoms with Crippen LogP contribution in [0.1, 0.15) is 28.1 Å². The van der Waals surface area contributed by atoms with Crippen LogP contribution in [0.15, 0.2) is 35.8 Å². The topological polar surface area (TPSA) is 91.8 Å². The van der Waals surface area contributed by atoms with Gasteiger partial charge in [-0.2, -0.15) is 0 Å². The van der Waals surface area contributed by atoms with E-state index in [4.69, 9.17) is 0 Å². The molecule has 2 aromatic heterocycles. The minimum absolute atomic E-state index is 0.146. The highest BCUT2D eigenvalue weighted by Crippen LogP contribution is 2.21. The zero-order valence-electron chi connectivity index (χ0n) is 14.8. The minimum atomic E-state index is -0.146. The predicted octanol–water partition coefficient (Wildman–Crippen LogP) is 3.98. The third-order valence-electron chi connectivity index (χ3n) is 3.56. The molecule has 8 heteroatoms. The van der Waals surface area contributed by atoms with Gasteiger partial charge in [0.2, 0.25) is 0 Å². The van der Waals surface area contributed by atoms with E-state index in [1.54, 1.807) is 5.51 Å². The van der Waals surface area contributed by atoms with Gasteiger partial charge in [-0.05, 0) is 45.0 Å². The normalized spacial score (nSPS) is 10.4. The summed E-state index contributed by atoms with van der Waals surface area (Å²) in [5, 5.41) is 9.31. The van der Waals surface area contributed by atoms with Crippen molar-refractivity contribution in [3.05, 3.63) is 52.2 Å². The van der Waals surface area contributed by atoms with Crippen molar-refractivity contribution in [3.8, 4) is 0 Å². The largest absolute Gasteiger partial charge is 0.370 e. The molecule has 3 rings (SSSR count). The second kappa shape index (κ2) is 7.92. The molecule has 0 atom stereocenters. The maximum absolute atomic E-state index is 12.2. The Bertz CT molecular complexity index is 906. The first-order valence-corrected chi connectivity index (χ1v) is 9.11. The van der Waals surface area contributed by atoms with Crippen LogP contribution in [0.5, 0.6) is 0 Å². The number of nitrogens with one attached hydrogen (secondary N) is 3. The van der Waals surface area contributed by atoms with E-state index in [2.05, 4.69) is 30.9 Å². The summed E-state index contributed by atoms with van der Waals surface area (Å²) in [6.45, 7) is 6.49. The van der Waals surface area contributed by atoms with Crippen LogP contribution in [0.4, 0.5) is 23.0 Å². The van der Waals surface area contributed by atoms with Crippen molar-refractivity contribution in [2.75, 3.05) is 22.5 Å². The highest BCUT2D eigenvalue weighted by molar-refractivity contribution is 7.12. The lowest BCUT2D eigenvalue weighted by molar-refractivity contribution is 0.103. The number of anilines is 4. The maximum atomic E-state index is 12.2. The van der Waals surface area contributed by atoms with Gasteiger partial charge in [-0.1, -0.05) is 0 Å². The van der Waals surface area contributed by atoms with E-state index in [9.17, 15) is 4.79 Å². The molecule has 0 unspecified atom stereocenters. The van der Waals surface area contributed by atoms with Crippen molar-refractivity contribution >= 4 is 40.3 Å². The molecule has 1 amide bonds. The van der Waals surface area contributed by atoms with Crippen LogP contribution in [-0.4, -0.2) is 27.4 Å². The molecule has 0 saturated carbocycles. The number of nitrogens with zero attached hydrogens (tertiary/aromatic N) is 3. The molecule has 0 fully saturated rings. The standard InChI is InChI=1S/C18H20N6OS/c1-4-19-15-9-16(22-12(3)21-15)23-13-5-7-14(8-6-13)24-18(25)17-11(2)20-10-26-17/h5-10H,4H2,1-3H3,(H,24,25)(H2,19,21,22,23). The summed E-state index contributed by atoms with van der Waals surface area (Å²) >= 11 is 1.33. The number of benzene rings is 1. The number of aromatic nitrogens is 3. The monoisotopic (exact) mass is 368 g/mol. The predicted molar refractivity (Wildman–Crippen MR) is 105 cm³/mol. The first-order valence-electron chi connectivity index (χ1n) is 8.23. The van der Waals surface area contributed by atoms with E-state index in [0.29, 0.717) is 16.5 Å². The highest BCUT2D eigenvalue weighted by Gasteiger charge is 2.11. The number of carbonyl (C=O) groups excluding carboxylic acids is 1. The van der Waals surface area contributed by atoms with Gasteiger partial charge < -0.3 is 16.0 Å². The van der Waals surface area contributed by atoms with Gasteiger partial charge in [0.15, 0.2) is 0 Å². The lowest BCUT2D eigenvalue weighted by atomic mass is 10.2. The molecule has 0 saturated heterocycles. The molecule has 0 aliphatic heterocycles. The number of aryl methyl sites for hydroxylation is 2. The third-order valence-corrected chi connectivity index (χ3v) is 4.49. The fourth-order valence-corrected chi connectivity index (χ4v) is 3.09. The molecule has 0 aliphatic carbocycles. The van der Waals surface area contributed by atoms with Gasteiger partial charge >= 0.3 is 0 Å². The average molecular weight is 368 g/mol. The first kappa shape index (κ1) is 17.8. The summed E-state index contributed by atoms with van der Waals surface area (Å²) in [4.78, 5) is 25.7. The lowest BCUT2D eigenvalue weighted by Gasteiger charge is -2.10. The maximum Gasteiger partial charge on any atom is 0.267 e. The number of rotatable bonds is 6. The van der Waals surface area contributed by atoms with E-state index in [0.717, 1.165) is 29.4 Å². The molecule has 0 bridgehead atoms. The van der Waals surface area contributed by atoms with Crippen molar-refractivity contribution in [1.82, 2.24) is 15.0 Å². The zero-order valence-corrected chi connectivity index (χ0v) is 15.6. The second-order valence-electron chi connectivity index (χ2n) is 5.64. The van der Waals surface area contributed by atoms with Crippen LogP contribution in [-0.2, 0) is 0 Å². The molecule has 134 valence electrons. The van der Waals surface area contributed by atoms with Crippen LogP contribution < -0.4 is 16.0 Å². The Morgan fingerprint density at radius 1 is 1.08 bits per heavy atom. The van der Waals surface area contributed by atoms with Crippen LogP contribution in [0.25, 0.3) is 0 Å². The molecule has 3 N–H and O–H groups in total. The average Bonchev–Trinajstić information content (AvgIpc) is 3.02. The summed E-state index contributed by atoms with van der Waals surface area (Å²) in [5.41, 5.74) is 4.00. The van der Waals surface area contributed by atoms with E-state index in [1.807, 2.05) is 51.1 Å². The Morgan fingerprint density at radius 2 is 1.77 bits per heavy atom. The molecule has 0 spiro atoms. The molecule has 1 aromatic carbocycles. The number of amides is 1. The lowest BCUT2D eigenvalue weighted by Crippen LogP contribution is -2.11. The van der Waals surface area contributed by atoms with Gasteiger partial charge in [0.1, 0.15) is 22.3 Å². The van der Waals surface area contributed by atoms with Gasteiger partial charge in [0, 0.05) is 24.0 Å². The SMILES string of the molecule is CCNc1cc(Nc2ccc(NC(=O)c3scnc3C)cc2)nc(C)n1. The summed E-state index contributed by atoms with van der Waals surface area (Å²) < 4.78 is 0. The highest BCUT2D eigenvalue weighted by atomic mass is 32.1. The molecule has 0 radical (unpaired) electrons. The Hall–Kier alpha value is -3.00. The summed E-state index contributed by atoms with van der Waals surface area (Å²) in [6, 6.07) is 9.32. The summed E-state index contributed by atoms with van der Waals surface area (Å²) in [5.74, 6) is 2.04. The van der Waals surface area contributed by atoms with E-state index >= 15 is 0 Å². The molecule has 3 aromatic rings. The van der Waals surface area contributed by atoms with Crippen LogP contribution in [0.2, 0.25) is 0 Å². The van der Waals surface area contributed by atoms with Gasteiger partial charge in [0.25, 0.3) is 5.91 Å². The fraction of sp³-hybridized carbons (Fsp3) is 0.222. The molecule has 2 heterocycles. The Balaban J connectivity index is 1.68. The minimum Gasteiger partial charge on any atom is -0.370 e. The Morgan fingerprint density at radius 3 is 2.42 bits per heavy atom. The van der Waals surface area contributed by atoms with Crippen molar-refractivity contribution < 1.29 is 4.79 Å². The Labute approximate surface area is 155 Å². The van der Waals surface area contributed by atoms with Gasteiger partial charge in [-0.15, -0.1) is 11.3 Å². The first-order chi connectivity index (χ1) is 12.5. The Kier molecular flexibility index (Phi) is 5.43. The van der Waals surface area contributed by atoms with Crippen molar-refractivity contribution in [2.24, 2.45) is 0 Å². The van der Waals surface area contributed by atoms with E-state index in [-0.39, 0.29) is 5.91 Å². The van der Waals surface area contributed by atoms with Crippen molar-refractivity contribution in [3.63, 3.8) is 0 Å². The van der Waals surface area contributed by atoms with Crippen LogP contribution >= 0.6 is 11.3 Å². The molecular weight excluding hydrogens is 348 g/mol. The zero-order chi connectivity index (χ0) is 18.5. The molecule has 26 heavy (non-hydrogen) atoms. The van der Waals surface area contributed by atoms with E-state index in [1.165, 1.54) is 11.3 Å². The smallest absolute Gasteiger partial charge is 0.267 e. The van der Waals surface area contributed by atoms with E-state index < -0.39 is 0 Å². The summed E-state index contributed by atoms with van der Waals surface area (Å²) in [7, 11) is 0. The number of hydrogen-bond acceptors (Lipinski definition) is 7. The second-order valence-corrected chi connectivity index (χ2v) is 6.49. The quantitative estimate of drug-likeness (QED) is 0.610. The number of hydrogen-bond donors (Lipinski definition) is 3. The number of thiazole rings is 1. The number of carbonyl (C=O) groups is 1. The van der Waals surface area contributed by atoms with Gasteiger partial charge in [0.05, 0.1) is 11.2 Å². The van der Waals surface area contributed by atoms with Crippen LogP contribution in [0, 0.1) is 13.8 Å². The van der Waals surface area contributed by atoms with Gasteiger partial charge in [-0.25, -0.2) is 15.0 Å². The van der Waals surface area contributed by atoms with Crippen molar-refractivity contribution in [2.45, 2.75) is 20.8 Å². The summed E-state index contributed by atoms with van der Waals surface area (Å²) in [6.07, 6.45) is 0. The van der Waals surface area contributed by atoms with Crippen molar-refractivity contribution in [1.29, 1.82) is 0 Å². The third kappa shape index (κ3) is 4.34. The fourth-order valence-electron chi connectivity index (χ4n) is 2.40.